The van der Waals surface area contributed by atoms with Gasteiger partial charge in [-0.1, -0.05) is 37.3 Å². The number of carbonyl (C=O) groups is 1. The van der Waals surface area contributed by atoms with Crippen molar-refractivity contribution in [3.05, 3.63) is 35.9 Å². The van der Waals surface area contributed by atoms with E-state index in [0.717, 1.165) is 13.0 Å². The summed E-state index contributed by atoms with van der Waals surface area (Å²) in [5, 5.41) is 11.9. The Morgan fingerprint density at radius 1 is 1.37 bits per heavy atom. The average molecular weight is 264 g/mol. The van der Waals surface area contributed by atoms with E-state index in [0.29, 0.717) is 13.1 Å². The first-order valence-corrected chi connectivity index (χ1v) is 6.85. The molecule has 0 fully saturated rings. The normalized spacial score (nSPS) is 12.4. The van der Waals surface area contributed by atoms with Crippen LogP contribution in [0.15, 0.2) is 30.3 Å². The molecule has 0 aliphatic carbocycles. The second kappa shape index (κ2) is 8.67. The molecular weight excluding hydrogens is 240 g/mol. The second-order valence-electron chi connectivity index (χ2n) is 4.55. The van der Waals surface area contributed by atoms with E-state index in [1.165, 1.54) is 5.56 Å². The lowest BCUT2D eigenvalue weighted by Gasteiger charge is -2.26. The standard InChI is InChI=1S/C15H24N2O2/c1-3-17(11-12-18)13(2)15(19)16-10-9-14-7-5-4-6-8-14/h4-8,13,18H,3,9-12H2,1-2H3,(H,16,19). The van der Waals surface area contributed by atoms with E-state index in [-0.39, 0.29) is 18.6 Å². The lowest BCUT2D eigenvalue weighted by molar-refractivity contribution is -0.125. The molecule has 0 aromatic heterocycles. The van der Waals surface area contributed by atoms with Crippen LogP contribution < -0.4 is 5.32 Å². The van der Waals surface area contributed by atoms with Gasteiger partial charge in [0.05, 0.1) is 12.6 Å². The number of nitrogens with one attached hydrogen (secondary N) is 1. The molecule has 1 amide bonds. The molecule has 0 radical (unpaired) electrons. The highest BCUT2D eigenvalue weighted by molar-refractivity contribution is 5.81. The van der Waals surface area contributed by atoms with E-state index < -0.39 is 0 Å². The number of aliphatic hydroxyl groups is 1. The Morgan fingerprint density at radius 3 is 2.63 bits per heavy atom. The SMILES string of the molecule is CCN(CCO)C(C)C(=O)NCCc1ccccc1. The van der Waals surface area contributed by atoms with Crippen LogP contribution in [0.2, 0.25) is 0 Å². The van der Waals surface area contributed by atoms with Crippen LogP contribution in [0.1, 0.15) is 19.4 Å². The van der Waals surface area contributed by atoms with Crippen molar-refractivity contribution < 1.29 is 9.90 Å². The molecule has 1 aromatic carbocycles. The molecule has 19 heavy (non-hydrogen) atoms. The molecule has 0 bridgehead atoms. The molecule has 2 N–H and O–H groups in total. The smallest absolute Gasteiger partial charge is 0.237 e. The van der Waals surface area contributed by atoms with Crippen LogP contribution in [0.4, 0.5) is 0 Å². The minimum Gasteiger partial charge on any atom is -0.395 e. The van der Waals surface area contributed by atoms with Gasteiger partial charge in [-0.3, -0.25) is 9.69 Å². The largest absolute Gasteiger partial charge is 0.395 e. The van der Waals surface area contributed by atoms with E-state index in [4.69, 9.17) is 5.11 Å². The summed E-state index contributed by atoms with van der Waals surface area (Å²) >= 11 is 0. The van der Waals surface area contributed by atoms with Gasteiger partial charge in [0.15, 0.2) is 0 Å². The van der Waals surface area contributed by atoms with Gasteiger partial charge in [-0.15, -0.1) is 0 Å². The van der Waals surface area contributed by atoms with Crippen molar-refractivity contribution in [1.82, 2.24) is 10.2 Å². The number of rotatable bonds is 8. The number of aliphatic hydroxyl groups excluding tert-OH is 1. The van der Waals surface area contributed by atoms with Gasteiger partial charge in [-0.25, -0.2) is 0 Å². The first-order valence-electron chi connectivity index (χ1n) is 6.85. The van der Waals surface area contributed by atoms with Crippen molar-refractivity contribution in [3.63, 3.8) is 0 Å². The third-order valence-electron chi connectivity index (χ3n) is 3.28. The maximum absolute atomic E-state index is 12.0. The van der Waals surface area contributed by atoms with E-state index >= 15 is 0 Å². The Morgan fingerprint density at radius 2 is 2.05 bits per heavy atom. The molecule has 0 aliphatic heterocycles. The van der Waals surface area contributed by atoms with Crippen molar-refractivity contribution in [2.45, 2.75) is 26.3 Å². The van der Waals surface area contributed by atoms with Crippen LogP contribution in [0.5, 0.6) is 0 Å². The molecule has 0 heterocycles. The van der Waals surface area contributed by atoms with Gasteiger partial charge >= 0.3 is 0 Å². The predicted molar refractivity (Wildman–Crippen MR) is 77.0 cm³/mol. The van der Waals surface area contributed by atoms with E-state index in [1.54, 1.807) is 0 Å². The number of benzene rings is 1. The lowest BCUT2D eigenvalue weighted by atomic mass is 10.1. The Kier molecular flexibility index (Phi) is 7.15. The highest BCUT2D eigenvalue weighted by Gasteiger charge is 2.18. The summed E-state index contributed by atoms with van der Waals surface area (Å²) in [5.74, 6) is 0.0197. The zero-order chi connectivity index (χ0) is 14.1. The quantitative estimate of drug-likeness (QED) is 0.738. The maximum atomic E-state index is 12.0. The highest BCUT2D eigenvalue weighted by atomic mass is 16.3. The van der Waals surface area contributed by atoms with Gasteiger partial charge in [0.25, 0.3) is 0 Å². The van der Waals surface area contributed by atoms with Crippen molar-refractivity contribution >= 4 is 5.91 Å². The minimum atomic E-state index is -0.201. The number of nitrogens with zero attached hydrogens (tertiary/aromatic N) is 1. The van der Waals surface area contributed by atoms with Crippen molar-refractivity contribution in [1.29, 1.82) is 0 Å². The van der Waals surface area contributed by atoms with Crippen molar-refractivity contribution in [2.75, 3.05) is 26.2 Å². The third kappa shape index (κ3) is 5.41. The average Bonchev–Trinajstić information content (AvgIpc) is 2.45. The van der Waals surface area contributed by atoms with Gasteiger partial charge < -0.3 is 10.4 Å². The number of amides is 1. The van der Waals surface area contributed by atoms with Crippen LogP contribution in [0.3, 0.4) is 0 Å². The summed E-state index contributed by atoms with van der Waals surface area (Å²) in [4.78, 5) is 13.9. The topological polar surface area (TPSA) is 52.6 Å². The summed E-state index contributed by atoms with van der Waals surface area (Å²) in [5.41, 5.74) is 1.22. The van der Waals surface area contributed by atoms with Gasteiger partial charge in [0, 0.05) is 13.1 Å². The molecule has 1 atom stereocenters. The molecule has 1 aromatic rings. The Labute approximate surface area is 115 Å². The fourth-order valence-electron chi connectivity index (χ4n) is 2.04. The summed E-state index contributed by atoms with van der Waals surface area (Å²) < 4.78 is 0. The van der Waals surface area contributed by atoms with Gasteiger partial charge in [0.1, 0.15) is 0 Å². The number of hydrogen-bond acceptors (Lipinski definition) is 3. The number of carbonyl (C=O) groups excluding carboxylic acids is 1. The monoisotopic (exact) mass is 264 g/mol. The zero-order valence-corrected chi connectivity index (χ0v) is 11.8. The van der Waals surface area contributed by atoms with Crippen LogP contribution in [-0.2, 0) is 11.2 Å². The first-order chi connectivity index (χ1) is 9.19. The molecule has 1 unspecified atom stereocenters. The molecule has 4 nitrogen and oxygen atoms in total. The van der Waals surface area contributed by atoms with E-state index in [2.05, 4.69) is 17.4 Å². The summed E-state index contributed by atoms with van der Waals surface area (Å²) in [6.45, 7) is 5.87. The number of likely N-dealkylation sites (N-methyl/N-ethyl adjacent to an activating group) is 1. The van der Waals surface area contributed by atoms with Crippen molar-refractivity contribution in [2.24, 2.45) is 0 Å². The third-order valence-corrected chi connectivity index (χ3v) is 3.28. The van der Waals surface area contributed by atoms with Gasteiger partial charge in [0.2, 0.25) is 5.91 Å². The molecule has 106 valence electrons. The maximum Gasteiger partial charge on any atom is 0.237 e. The van der Waals surface area contributed by atoms with Gasteiger partial charge in [-0.05, 0) is 25.5 Å². The van der Waals surface area contributed by atoms with E-state index in [9.17, 15) is 4.79 Å². The zero-order valence-electron chi connectivity index (χ0n) is 11.8. The molecule has 0 saturated heterocycles. The van der Waals surface area contributed by atoms with Crippen LogP contribution >= 0.6 is 0 Å². The number of hydrogen-bond donors (Lipinski definition) is 2. The Balaban J connectivity index is 2.34. The minimum absolute atomic E-state index is 0.0197. The Hall–Kier alpha value is -1.39. The van der Waals surface area contributed by atoms with Crippen LogP contribution in [-0.4, -0.2) is 48.2 Å². The molecule has 1 rings (SSSR count). The fraction of sp³-hybridized carbons (Fsp3) is 0.533. The van der Waals surface area contributed by atoms with Crippen LogP contribution in [0, 0.1) is 0 Å². The molecular formula is C15H24N2O2. The first kappa shape index (κ1) is 15.7. The summed E-state index contributed by atoms with van der Waals surface area (Å²) in [7, 11) is 0. The van der Waals surface area contributed by atoms with E-state index in [1.807, 2.05) is 36.9 Å². The summed E-state index contributed by atoms with van der Waals surface area (Å²) in [6, 6.07) is 9.89. The predicted octanol–water partition coefficient (Wildman–Crippen LogP) is 1.05. The molecule has 0 spiro atoms. The lowest BCUT2D eigenvalue weighted by Crippen LogP contribution is -2.46. The molecule has 0 saturated carbocycles. The molecule has 4 heteroatoms. The van der Waals surface area contributed by atoms with Crippen LogP contribution in [0.25, 0.3) is 0 Å². The Bertz CT molecular complexity index is 368. The van der Waals surface area contributed by atoms with Crippen molar-refractivity contribution in [3.8, 4) is 0 Å². The van der Waals surface area contributed by atoms with Gasteiger partial charge in [-0.2, -0.15) is 0 Å². The highest BCUT2D eigenvalue weighted by Crippen LogP contribution is 2.00. The fourth-order valence-corrected chi connectivity index (χ4v) is 2.04. The second-order valence-corrected chi connectivity index (χ2v) is 4.55. The summed E-state index contributed by atoms with van der Waals surface area (Å²) in [6.07, 6.45) is 0.839. The molecule has 0 aliphatic rings.